The Balaban J connectivity index is 0.000000447. The molecule has 0 aliphatic rings. The Labute approximate surface area is 174 Å². The molecule has 29 heavy (non-hydrogen) atoms. The molecule has 0 radical (unpaired) electrons. The van der Waals surface area contributed by atoms with Crippen LogP contribution in [0, 0.1) is 5.82 Å². The van der Waals surface area contributed by atoms with Crippen molar-refractivity contribution in [2.45, 2.75) is 40.1 Å². The van der Waals surface area contributed by atoms with Crippen LogP contribution in [0.15, 0.2) is 36.5 Å². The summed E-state index contributed by atoms with van der Waals surface area (Å²) in [6.45, 7) is 8.67. The smallest absolute Gasteiger partial charge is 0.344 e. The van der Waals surface area contributed by atoms with Crippen LogP contribution in [-0.2, 0) is 14.3 Å². The molecule has 1 heterocycles. The van der Waals surface area contributed by atoms with Gasteiger partial charge in [0.15, 0.2) is 18.2 Å². The molecule has 1 atom stereocenters. The molecule has 160 valence electrons. The Bertz CT molecular complexity index is 753. The van der Waals surface area contributed by atoms with E-state index in [1.54, 1.807) is 0 Å². The van der Waals surface area contributed by atoms with E-state index in [1.165, 1.54) is 37.4 Å². The highest BCUT2D eigenvalue weighted by Gasteiger charge is 2.12. The average Bonchev–Trinajstić information content (AvgIpc) is 2.66. The zero-order valence-electron chi connectivity index (χ0n) is 16.7. The topological polar surface area (TPSA) is 87.1 Å². The first kappa shape index (κ1) is 24.6. The van der Waals surface area contributed by atoms with Crippen molar-refractivity contribution in [1.29, 1.82) is 0 Å². The minimum Gasteiger partial charge on any atom is -0.479 e. The zero-order valence-corrected chi connectivity index (χ0v) is 17.5. The normalized spacial score (nSPS) is 11.4. The Hall–Kier alpha value is -2.42. The fraction of sp³-hybridized carbons (Fsp3) is 0.400. The molecule has 7 nitrogen and oxygen atoms in total. The molecule has 0 aliphatic carbocycles. The summed E-state index contributed by atoms with van der Waals surface area (Å²) in [6, 6.07) is 7.15. The number of carboxylic acid groups (broad SMARTS) is 1. The number of aliphatic carboxylic acids is 1. The van der Waals surface area contributed by atoms with Crippen molar-refractivity contribution < 1.29 is 33.2 Å². The van der Waals surface area contributed by atoms with Gasteiger partial charge in [-0.05, 0) is 58.0 Å². The number of ether oxygens (including phenoxy) is 4. The number of carboxylic acids is 1. The first-order valence-electron chi connectivity index (χ1n) is 8.98. The first-order valence-corrected chi connectivity index (χ1v) is 9.36. The van der Waals surface area contributed by atoms with E-state index in [0.717, 1.165) is 19.3 Å². The Morgan fingerprint density at radius 1 is 1.14 bits per heavy atom. The van der Waals surface area contributed by atoms with Crippen molar-refractivity contribution >= 4 is 17.6 Å². The average molecular weight is 430 g/mol. The number of benzene rings is 1. The zero-order chi connectivity index (χ0) is 21.8. The molecule has 9 heteroatoms. The molecule has 1 aromatic heterocycles. The standard InChI is InChI=1S/C14H11ClFNO4.C6H14O2/c1-8(14(18)19)20-10-2-4-11(5-3-10)21-13-12(16)6-9(15)7-17-13;1-4-7-6(3)8-5-2/h2-8H,1H3,(H,18,19);6H,4-5H2,1-3H3/t8-;/m1./s1. The number of nitrogens with zero attached hydrogens (tertiary/aromatic N) is 1. The van der Waals surface area contributed by atoms with Gasteiger partial charge in [-0.25, -0.2) is 14.2 Å². The molecule has 0 fully saturated rings. The van der Waals surface area contributed by atoms with Crippen LogP contribution in [0.3, 0.4) is 0 Å². The van der Waals surface area contributed by atoms with Crippen molar-refractivity contribution in [3.63, 3.8) is 0 Å². The van der Waals surface area contributed by atoms with Gasteiger partial charge in [-0.15, -0.1) is 0 Å². The maximum Gasteiger partial charge on any atom is 0.344 e. The van der Waals surface area contributed by atoms with Gasteiger partial charge in [-0.2, -0.15) is 0 Å². The molecule has 2 aromatic rings. The second-order valence-electron chi connectivity index (χ2n) is 5.59. The molecule has 1 N–H and O–H groups in total. The molecule has 2 rings (SSSR count). The largest absolute Gasteiger partial charge is 0.479 e. The Kier molecular flexibility index (Phi) is 11.0. The highest BCUT2D eigenvalue weighted by atomic mass is 35.5. The molecule has 0 aliphatic heterocycles. The predicted octanol–water partition coefficient (Wildman–Crippen LogP) is 4.92. The lowest BCUT2D eigenvalue weighted by atomic mass is 10.3. The van der Waals surface area contributed by atoms with Gasteiger partial charge in [0.05, 0.1) is 5.02 Å². The maximum atomic E-state index is 13.5. The minimum atomic E-state index is -1.07. The SMILES string of the molecule is CCOC(C)OCC.C[C@@H](Oc1ccc(Oc2ncc(Cl)cc2F)cc1)C(=O)O. The third-order valence-corrected chi connectivity index (χ3v) is 3.48. The molecule has 0 saturated heterocycles. The second kappa shape index (κ2) is 12.9. The molecular formula is C20H25ClFNO6. The summed E-state index contributed by atoms with van der Waals surface area (Å²) in [7, 11) is 0. The van der Waals surface area contributed by atoms with Crippen LogP contribution < -0.4 is 9.47 Å². The summed E-state index contributed by atoms with van der Waals surface area (Å²) in [5, 5.41) is 8.91. The van der Waals surface area contributed by atoms with Crippen molar-refractivity contribution in [2.75, 3.05) is 13.2 Å². The van der Waals surface area contributed by atoms with E-state index in [2.05, 4.69) is 4.98 Å². The van der Waals surface area contributed by atoms with Crippen LogP contribution >= 0.6 is 11.6 Å². The van der Waals surface area contributed by atoms with Gasteiger partial charge in [0.2, 0.25) is 0 Å². The van der Waals surface area contributed by atoms with Crippen molar-refractivity contribution in [1.82, 2.24) is 4.98 Å². The van der Waals surface area contributed by atoms with Crippen LogP contribution in [0.2, 0.25) is 5.02 Å². The van der Waals surface area contributed by atoms with E-state index in [0.29, 0.717) is 11.5 Å². The van der Waals surface area contributed by atoms with Crippen LogP contribution in [0.1, 0.15) is 27.7 Å². The second-order valence-corrected chi connectivity index (χ2v) is 6.03. The minimum absolute atomic E-state index is 0.0370. The van der Waals surface area contributed by atoms with Gasteiger partial charge in [-0.3, -0.25) is 0 Å². The fourth-order valence-corrected chi connectivity index (χ4v) is 2.09. The maximum absolute atomic E-state index is 13.5. The fourth-order valence-electron chi connectivity index (χ4n) is 1.95. The summed E-state index contributed by atoms with van der Waals surface area (Å²) in [4.78, 5) is 14.4. The summed E-state index contributed by atoms with van der Waals surface area (Å²) >= 11 is 5.59. The van der Waals surface area contributed by atoms with E-state index in [1.807, 2.05) is 20.8 Å². The third kappa shape index (κ3) is 9.56. The third-order valence-electron chi connectivity index (χ3n) is 3.28. The number of pyridine rings is 1. The van der Waals surface area contributed by atoms with Gasteiger partial charge in [0, 0.05) is 19.4 Å². The van der Waals surface area contributed by atoms with Crippen LogP contribution in [0.4, 0.5) is 4.39 Å². The molecule has 0 saturated carbocycles. The van der Waals surface area contributed by atoms with Crippen LogP contribution in [0.5, 0.6) is 17.4 Å². The van der Waals surface area contributed by atoms with Crippen molar-refractivity contribution in [3.8, 4) is 17.4 Å². The number of hydrogen-bond acceptors (Lipinski definition) is 6. The molecule has 1 aromatic carbocycles. The summed E-state index contributed by atoms with van der Waals surface area (Å²) in [6.07, 6.45) is 0.267. The Morgan fingerprint density at radius 2 is 1.69 bits per heavy atom. The van der Waals surface area contributed by atoms with E-state index in [-0.39, 0.29) is 17.2 Å². The lowest BCUT2D eigenvalue weighted by molar-refractivity contribution is -0.144. The van der Waals surface area contributed by atoms with Gasteiger partial charge in [0.1, 0.15) is 11.5 Å². The van der Waals surface area contributed by atoms with Gasteiger partial charge in [0.25, 0.3) is 5.88 Å². The lowest BCUT2D eigenvalue weighted by Gasteiger charge is -2.11. The summed E-state index contributed by atoms with van der Waals surface area (Å²) < 4.78 is 34.0. The number of halogens is 2. The molecular weight excluding hydrogens is 405 g/mol. The summed E-state index contributed by atoms with van der Waals surface area (Å²) in [5.41, 5.74) is 0. The van der Waals surface area contributed by atoms with Gasteiger partial charge in [-0.1, -0.05) is 11.6 Å². The number of carbonyl (C=O) groups is 1. The molecule has 0 bridgehead atoms. The van der Waals surface area contributed by atoms with E-state index >= 15 is 0 Å². The number of rotatable bonds is 9. The monoisotopic (exact) mass is 429 g/mol. The van der Waals surface area contributed by atoms with Crippen molar-refractivity contribution in [2.24, 2.45) is 0 Å². The van der Waals surface area contributed by atoms with E-state index in [4.69, 9.17) is 35.7 Å². The highest BCUT2D eigenvalue weighted by Crippen LogP contribution is 2.26. The van der Waals surface area contributed by atoms with Crippen LogP contribution in [-0.4, -0.2) is 41.7 Å². The lowest BCUT2D eigenvalue weighted by Crippen LogP contribution is -2.22. The number of hydrogen-bond donors (Lipinski definition) is 1. The van der Waals surface area contributed by atoms with Gasteiger partial charge < -0.3 is 24.1 Å². The van der Waals surface area contributed by atoms with Gasteiger partial charge >= 0.3 is 5.97 Å². The highest BCUT2D eigenvalue weighted by molar-refractivity contribution is 6.30. The molecule has 0 unspecified atom stereocenters. The van der Waals surface area contributed by atoms with Crippen molar-refractivity contribution in [3.05, 3.63) is 47.4 Å². The number of aromatic nitrogens is 1. The predicted molar refractivity (Wildman–Crippen MR) is 106 cm³/mol. The van der Waals surface area contributed by atoms with Crippen LogP contribution in [0.25, 0.3) is 0 Å². The quantitative estimate of drug-likeness (QED) is 0.566. The Morgan fingerprint density at radius 3 is 2.17 bits per heavy atom. The first-order chi connectivity index (χ1) is 13.8. The van der Waals surface area contributed by atoms with E-state index < -0.39 is 17.9 Å². The van der Waals surface area contributed by atoms with E-state index in [9.17, 15) is 9.18 Å². The molecule has 0 amide bonds. The summed E-state index contributed by atoms with van der Waals surface area (Å²) in [5.74, 6) is -1.25. The molecule has 0 spiro atoms.